The van der Waals surface area contributed by atoms with Crippen molar-refractivity contribution in [2.45, 2.75) is 12.5 Å². The first-order valence-electron chi connectivity index (χ1n) is 6.30. The lowest BCUT2D eigenvalue weighted by atomic mass is 10.1. The Hall–Kier alpha value is -2.04. The van der Waals surface area contributed by atoms with Crippen LogP contribution in [0.3, 0.4) is 0 Å². The van der Waals surface area contributed by atoms with Gasteiger partial charge in [-0.05, 0) is 35.9 Å². The number of H-pyrrole nitrogens is 1. The van der Waals surface area contributed by atoms with Crippen LogP contribution in [0.1, 0.15) is 17.5 Å². The fourth-order valence-electron chi connectivity index (χ4n) is 2.19. The highest BCUT2D eigenvalue weighted by molar-refractivity contribution is 6.31. The topological polar surface area (TPSA) is 74.9 Å². The van der Waals surface area contributed by atoms with Crippen molar-refractivity contribution in [3.8, 4) is 0 Å². The third-order valence-electron chi connectivity index (χ3n) is 3.21. The quantitative estimate of drug-likeness (QED) is 0.648. The summed E-state index contributed by atoms with van der Waals surface area (Å²) in [5.74, 6) is 0.532. The molecule has 0 spiro atoms. The zero-order chi connectivity index (χ0) is 14.1. The van der Waals surface area contributed by atoms with Gasteiger partial charge in [-0.15, -0.1) is 0 Å². The van der Waals surface area contributed by atoms with Crippen molar-refractivity contribution in [1.29, 1.82) is 0 Å². The Morgan fingerprint density at radius 2 is 2.05 bits per heavy atom. The first kappa shape index (κ1) is 13.0. The molecule has 20 heavy (non-hydrogen) atoms. The number of aliphatic hydroxyl groups is 1. The summed E-state index contributed by atoms with van der Waals surface area (Å²) in [6.45, 7) is 0. The van der Waals surface area contributed by atoms with E-state index in [4.69, 9.17) is 17.3 Å². The molecule has 1 atom stereocenters. The molecule has 1 unspecified atom stereocenters. The molecule has 0 saturated carbocycles. The summed E-state index contributed by atoms with van der Waals surface area (Å²) < 4.78 is 0. The maximum absolute atomic E-state index is 10.3. The third kappa shape index (κ3) is 2.48. The minimum absolute atomic E-state index is 0.365. The number of nitrogens with one attached hydrogen (secondary N) is 1. The van der Waals surface area contributed by atoms with E-state index in [0.717, 1.165) is 16.6 Å². The summed E-state index contributed by atoms with van der Waals surface area (Å²) in [4.78, 5) is 7.50. The number of hydrogen-bond donors (Lipinski definition) is 3. The van der Waals surface area contributed by atoms with Crippen LogP contribution in [-0.4, -0.2) is 15.1 Å². The number of anilines is 1. The van der Waals surface area contributed by atoms with Gasteiger partial charge in [0.05, 0.1) is 11.0 Å². The summed E-state index contributed by atoms with van der Waals surface area (Å²) >= 11 is 6.11. The number of para-hydroxylation sites is 2. The number of aromatic amines is 1. The fraction of sp³-hybridized carbons (Fsp3) is 0.133. The van der Waals surface area contributed by atoms with Crippen LogP contribution in [0.4, 0.5) is 5.69 Å². The summed E-state index contributed by atoms with van der Waals surface area (Å²) in [7, 11) is 0. The third-order valence-corrected chi connectivity index (χ3v) is 3.58. The van der Waals surface area contributed by atoms with Gasteiger partial charge in [0.1, 0.15) is 11.9 Å². The molecule has 0 bridgehead atoms. The minimum atomic E-state index is -0.748. The Labute approximate surface area is 121 Å². The van der Waals surface area contributed by atoms with Crippen LogP contribution in [-0.2, 0) is 6.42 Å². The van der Waals surface area contributed by atoms with Crippen molar-refractivity contribution in [1.82, 2.24) is 9.97 Å². The molecule has 0 aliphatic rings. The molecule has 0 saturated heterocycles. The average Bonchev–Trinajstić information content (AvgIpc) is 2.87. The van der Waals surface area contributed by atoms with Crippen LogP contribution in [0.5, 0.6) is 0 Å². The number of imidazole rings is 1. The smallest absolute Gasteiger partial charge is 0.136 e. The van der Waals surface area contributed by atoms with E-state index in [2.05, 4.69) is 9.97 Å². The highest BCUT2D eigenvalue weighted by atomic mass is 35.5. The summed E-state index contributed by atoms with van der Waals surface area (Å²) in [6.07, 6.45) is -0.384. The van der Waals surface area contributed by atoms with Crippen LogP contribution < -0.4 is 5.73 Å². The second kappa shape index (κ2) is 5.15. The standard InChI is InChI=1S/C15H14ClN3O/c16-11-6-5-10(17)7-9(11)8-14(20)15-18-12-3-1-2-4-13(12)19-15/h1-7,14,20H,8,17H2,(H,18,19). The molecule has 4 N–H and O–H groups in total. The molecule has 0 radical (unpaired) electrons. The van der Waals surface area contributed by atoms with Crippen LogP contribution in [0.2, 0.25) is 5.02 Å². The number of nitrogens with zero attached hydrogens (tertiary/aromatic N) is 1. The second-order valence-corrected chi connectivity index (χ2v) is 5.12. The number of fused-ring (bicyclic) bond motifs is 1. The van der Waals surface area contributed by atoms with Crippen molar-refractivity contribution < 1.29 is 5.11 Å². The lowest BCUT2D eigenvalue weighted by Crippen LogP contribution is -2.04. The first-order chi connectivity index (χ1) is 9.63. The van der Waals surface area contributed by atoms with Gasteiger partial charge in [-0.1, -0.05) is 23.7 Å². The van der Waals surface area contributed by atoms with E-state index in [-0.39, 0.29) is 0 Å². The zero-order valence-electron chi connectivity index (χ0n) is 10.7. The maximum Gasteiger partial charge on any atom is 0.136 e. The van der Waals surface area contributed by atoms with Crippen molar-refractivity contribution >= 4 is 28.3 Å². The molecule has 0 amide bonds. The highest BCUT2D eigenvalue weighted by Crippen LogP contribution is 2.25. The zero-order valence-corrected chi connectivity index (χ0v) is 11.4. The Bertz CT molecular complexity index is 721. The predicted molar refractivity (Wildman–Crippen MR) is 80.6 cm³/mol. The van der Waals surface area contributed by atoms with Gasteiger partial charge in [0.15, 0.2) is 0 Å². The second-order valence-electron chi connectivity index (χ2n) is 4.71. The van der Waals surface area contributed by atoms with Gasteiger partial charge in [-0.2, -0.15) is 0 Å². The number of hydrogen-bond acceptors (Lipinski definition) is 3. The van der Waals surface area contributed by atoms with E-state index in [0.29, 0.717) is 23.0 Å². The molecule has 5 heteroatoms. The van der Waals surface area contributed by atoms with E-state index in [1.165, 1.54) is 0 Å². The summed E-state index contributed by atoms with van der Waals surface area (Å²) in [6, 6.07) is 12.9. The van der Waals surface area contributed by atoms with E-state index < -0.39 is 6.10 Å². The van der Waals surface area contributed by atoms with Crippen LogP contribution >= 0.6 is 11.6 Å². The average molecular weight is 288 g/mol. The number of aromatic nitrogens is 2. The van der Waals surface area contributed by atoms with Gasteiger partial charge in [0.25, 0.3) is 0 Å². The van der Waals surface area contributed by atoms with Gasteiger partial charge in [0, 0.05) is 17.1 Å². The lowest BCUT2D eigenvalue weighted by Gasteiger charge is -2.10. The van der Waals surface area contributed by atoms with Crippen molar-refractivity contribution in [2.24, 2.45) is 0 Å². The minimum Gasteiger partial charge on any atom is -0.399 e. The lowest BCUT2D eigenvalue weighted by molar-refractivity contribution is 0.170. The molecule has 1 aromatic heterocycles. The Morgan fingerprint density at radius 1 is 1.25 bits per heavy atom. The van der Waals surface area contributed by atoms with E-state index in [1.54, 1.807) is 18.2 Å². The fourth-order valence-corrected chi connectivity index (χ4v) is 2.38. The SMILES string of the molecule is Nc1ccc(Cl)c(CC(O)c2nc3ccccc3[nH]2)c1. The number of halogens is 1. The van der Waals surface area contributed by atoms with Crippen molar-refractivity contribution in [3.05, 3.63) is 58.9 Å². The molecular formula is C15H14ClN3O. The van der Waals surface area contributed by atoms with Gasteiger partial charge in [-0.3, -0.25) is 0 Å². The number of benzene rings is 2. The Morgan fingerprint density at radius 3 is 2.85 bits per heavy atom. The van der Waals surface area contributed by atoms with Gasteiger partial charge >= 0.3 is 0 Å². The molecule has 102 valence electrons. The molecule has 4 nitrogen and oxygen atoms in total. The predicted octanol–water partition coefficient (Wildman–Crippen LogP) is 3.07. The number of rotatable bonds is 3. The van der Waals surface area contributed by atoms with Gasteiger partial charge in [0.2, 0.25) is 0 Å². The van der Waals surface area contributed by atoms with E-state index in [9.17, 15) is 5.11 Å². The summed E-state index contributed by atoms with van der Waals surface area (Å²) in [5.41, 5.74) is 8.91. The summed E-state index contributed by atoms with van der Waals surface area (Å²) in [5, 5.41) is 10.9. The maximum atomic E-state index is 10.3. The van der Waals surface area contributed by atoms with Gasteiger partial charge < -0.3 is 15.8 Å². The Balaban J connectivity index is 1.88. The molecule has 1 heterocycles. The number of nitrogen functional groups attached to an aromatic ring is 1. The normalized spacial score (nSPS) is 12.7. The largest absolute Gasteiger partial charge is 0.399 e. The van der Waals surface area contributed by atoms with Gasteiger partial charge in [-0.25, -0.2) is 4.98 Å². The van der Waals surface area contributed by atoms with Crippen molar-refractivity contribution in [3.63, 3.8) is 0 Å². The first-order valence-corrected chi connectivity index (χ1v) is 6.68. The Kier molecular flexibility index (Phi) is 3.34. The molecular weight excluding hydrogens is 274 g/mol. The number of aliphatic hydroxyl groups excluding tert-OH is 1. The molecule has 0 aliphatic heterocycles. The van der Waals surface area contributed by atoms with Crippen molar-refractivity contribution in [2.75, 3.05) is 5.73 Å². The van der Waals surface area contributed by atoms with E-state index in [1.807, 2.05) is 24.3 Å². The number of nitrogens with two attached hydrogens (primary N) is 1. The van der Waals surface area contributed by atoms with Crippen LogP contribution in [0, 0.1) is 0 Å². The van der Waals surface area contributed by atoms with E-state index >= 15 is 0 Å². The van der Waals surface area contributed by atoms with Crippen LogP contribution in [0.25, 0.3) is 11.0 Å². The monoisotopic (exact) mass is 287 g/mol. The molecule has 0 aliphatic carbocycles. The van der Waals surface area contributed by atoms with Crippen LogP contribution in [0.15, 0.2) is 42.5 Å². The molecule has 2 aromatic carbocycles. The molecule has 3 aromatic rings. The molecule has 3 rings (SSSR count). The highest BCUT2D eigenvalue weighted by Gasteiger charge is 2.15. The molecule has 0 fully saturated rings.